The molecule has 0 saturated carbocycles. The molecule has 6 heteroatoms. The van der Waals surface area contributed by atoms with Crippen LogP contribution in [-0.2, 0) is 24.8 Å². The fourth-order valence-corrected chi connectivity index (χ4v) is 3.81. The number of rotatable bonds is 2. The van der Waals surface area contributed by atoms with Crippen molar-refractivity contribution in [2.45, 2.75) is 31.8 Å². The highest BCUT2D eigenvalue weighted by atomic mass is 19.1. The first kappa shape index (κ1) is 15.3. The molecular weight excluding hydrogens is 307 g/mol. The van der Waals surface area contributed by atoms with Crippen LogP contribution < -0.4 is 4.90 Å². The molecule has 2 aromatic rings. The van der Waals surface area contributed by atoms with Gasteiger partial charge in [0.1, 0.15) is 5.82 Å². The SMILES string of the molecule is Cn1cc(N2CCC[C@@H](N3CCc4cc(F)ccc4C3)C2=O)cn1. The number of aryl methyl sites for hydroxylation is 1. The smallest absolute Gasteiger partial charge is 0.244 e. The first-order valence-electron chi connectivity index (χ1n) is 8.43. The van der Waals surface area contributed by atoms with Crippen LogP contribution in [0.4, 0.5) is 10.1 Å². The molecule has 3 heterocycles. The second-order valence-corrected chi connectivity index (χ2v) is 6.65. The normalized spacial score (nSPS) is 21.8. The summed E-state index contributed by atoms with van der Waals surface area (Å²) in [6, 6.07) is 4.88. The molecule has 126 valence electrons. The number of hydrogen-bond donors (Lipinski definition) is 0. The fourth-order valence-electron chi connectivity index (χ4n) is 3.81. The molecule has 1 aromatic heterocycles. The van der Waals surface area contributed by atoms with Crippen molar-refractivity contribution in [1.82, 2.24) is 14.7 Å². The molecular formula is C18H21FN4O. The third-order valence-corrected chi connectivity index (χ3v) is 5.06. The number of nitrogens with zero attached hydrogens (tertiary/aromatic N) is 4. The van der Waals surface area contributed by atoms with Crippen molar-refractivity contribution in [2.24, 2.45) is 7.05 Å². The van der Waals surface area contributed by atoms with E-state index in [0.29, 0.717) is 6.54 Å². The molecule has 0 radical (unpaired) electrons. The molecule has 1 aromatic carbocycles. The molecule has 4 rings (SSSR count). The predicted octanol–water partition coefficient (Wildman–Crippen LogP) is 2.11. The van der Waals surface area contributed by atoms with Crippen LogP contribution in [-0.4, -0.2) is 39.7 Å². The van der Waals surface area contributed by atoms with Crippen LogP contribution in [0, 0.1) is 5.82 Å². The quantitative estimate of drug-likeness (QED) is 0.848. The van der Waals surface area contributed by atoms with Gasteiger partial charge in [0.15, 0.2) is 0 Å². The Morgan fingerprint density at radius 2 is 2.12 bits per heavy atom. The second-order valence-electron chi connectivity index (χ2n) is 6.65. The van der Waals surface area contributed by atoms with Crippen LogP contribution in [0.3, 0.4) is 0 Å². The molecule has 24 heavy (non-hydrogen) atoms. The average Bonchev–Trinajstić information content (AvgIpc) is 3.01. The molecule has 0 unspecified atom stereocenters. The summed E-state index contributed by atoms with van der Waals surface area (Å²) in [6.45, 7) is 2.26. The highest BCUT2D eigenvalue weighted by molar-refractivity contribution is 5.97. The van der Waals surface area contributed by atoms with Crippen LogP contribution >= 0.6 is 0 Å². The monoisotopic (exact) mass is 328 g/mol. The number of benzene rings is 1. The molecule has 1 atom stereocenters. The summed E-state index contributed by atoms with van der Waals surface area (Å²) in [5.74, 6) is -0.0292. The van der Waals surface area contributed by atoms with E-state index in [9.17, 15) is 9.18 Å². The standard InChI is InChI=1S/C18H21FN4O/c1-21-12-16(10-20-21)23-7-2-3-17(18(23)24)22-8-6-13-9-15(19)5-4-14(13)11-22/h4-5,9-10,12,17H,2-3,6-8,11H2,1H3/t17-/m1/s1. The number of piperidine rings is 1. The van der Waals surface area contributed by atoms with E-state index < -0.39 is 0 Å². The summed E-state index contributed by atoms with van der Waals surface area (Å²) in [5.41, 5.74) is 3.07. The molecule has 2 aliphatic heterocycles. The second kappa shape index (κ2) is 6.02. The van der Waals surface area contributed by atoms with Crippen molar-refractivity contribution in [3.63, 3.8) is 0 Å². The van der Waals surface area contributed by atoms with Crippen molar-refractivity contribution < 1.29 is 9.18 Å². The largest absolute Gasteiger partial charge is 0.308 e. The molecule has 1 saturated heterocycles. The van der Waals surface area contributed by atoms with Crippen molar-refractivity contribution in [2.75, 3.05) is 18.0 Å². The topological polar surface area (TPSA) is 41.4 Å². The Morgan fingerprint density at radius 1 is 1.25 bits per heavy atom. The predicted molar refractivity (Wildman–Crippen MR) is 89.1 cm³/mol. The van der Waals surface area contributed by atoms with Gasteiger partial charge in [-0.2, -0.15) is 5.10 Å². The first-order valence-corrected chi connectivity index (χ1v) is 8.43. The lowest BCUT2D eigenvalue weighted by molar-refractivity contribution is -0.125. The summed E-state index contributed by atoms with van der Waals surface area (Å²) in [4.78, 5) is 17.1. The van der Waals surface area contributed by atoms with Gasteiger partial charge in [0.05, 0.1) is 17.9 Å². The third-order valence-electron chi connectivity index (χ3n) is 5.06. The van der Waals surface area contributed by atoms with E-state index in [4.69, 9.17) is 0 Å². The summed E-state index contributed by atoms with van der Waals surface area (Å²) >= 11 is 0. The van der Waals surface area contributed by atoms with E-state index in [0.717, 1.165) is 49.2 Å². The minimum Gasteiger partial charge on any atom is -0.308 e. The van der Waals surface area contributed by atoms with E-state index in [1.54, 1.807) is 16.9 Å². The maximum atomic E-state index is 13.4. The zero-order valence-corrected chi connectivity index (χ0v) is 13.8. The minimum absolute atomic E-state index is 0.0999. The van der Waals surface area contributed by atoms with Gasteiger partial charge in [-0.3, -0.25) is 14.4 Å². The number of halogens is 1. The lowest BCUT2D eigenvalue weighted by atomic mass is 9.95. The highest BCUT2D eigenvalue weighted by Gasteiger charge is 2.35. The van der Waals surface area contributed by atoms with Crippen LogP contribution in [0.2, 0.25) is 0 Å². The molecule has 0 aliphatic carbocycles. The summed E-state index contributed by atoms with van der Waals surface area (Å²) in [6.07, 6.45) is 6.29. The van der Waals surface area contributed by atoms with Crippen molar-refractivity contribution in [3.05, 3.63) is 47.5 Å². The molecule has 1 fully saturated rings. The maximum absolute atomic E-state index is 13.4. The van der Waals surface area contributed by atoms with Gasteiger partial charge < -0.3 is 4.90 Å². The van der Waals surface area contributed by atoms with Crippen LogP contribution in [0.1, 0.15) is 24.0 Å². The highest BCUT2D eigenvalue weighted by Crippen LogP contribution is 2.27. The van der Waals surface area contributed by atoms with E-state index in [-0.39, 0.29) is 17.8 Å². The van der Waals surface area contributed by atoms with Crippen molar-refractivity contribution in [1.29, 1.82) is 0 Å². The average molecular weight is 328 g/mol. The summed E-state index contributed by atoms with van der Waals surface area (Å²) in [7, 11) is 1.86. The Kier molecular flexibility index (Phi) is 3.84. The van der Waals surface area contributed by atoms with Crippen LogP contribution in [0.5, 0.6) is 0 Å². The van der Waals surface area contributed by atoms with Gasteiger partial charge >= 0.3 is 0 Å². The number of aromatic nitrogens is 2. The van der Waals surface area contributed by atoms with Crippen molar-refractivity contribution in [3.8, 4) is 0 Å². The lowest BCUT2D eigenvalue weighted by Gasteiger charge is -2.40. The third kappa shape index (κ3) is 2.71. The van der Waals surface area contributed by atoms with Crippen LogP contribution in [0.25, 0.3) is 0 Å². The minimum atomic E-state index is -0.182. The number of hydrogen-bond acceptors (Lipinski definition) is 3. The molecule has 1 amide bonds. The Balaban J connectivity index is 1.54. The summed E-state index contributed by atoms with van der Waals surface area (Å²) in [5, 5.41) is 4.18. The number of carbonyl (C=O) groups excluding carboxylic acids is 1. The molecule has 2 aliphatic rings. The summed E-state index contributed by atoms with van der Waals surface area (Å²) < 4.78 is 15.1. The number of anilines is 1. The Bertz CT molecular complexity index is 772. The van der Waals surface area contributed by atoms with Gasteiger partial charge in [0.25, 0.3) is 0 Å². The van der Waals surface area contributed by atoms with Crippen LogP contribution in [0.15, 0.2) is 30.6 Å². The Hall–Kier alpha value is -2.21. The number of carbonyl (C=O) groups is 1. The Morgan fingerprint density at radius 3 is 2.92 bits per heavy atom. The fraction of sp³-hybridized carbons (Fsp3) is 0.444. The zero-order valence-electron chi connectivity index (χ0n) is 13.8. The maximum Gasteiger partial charge on any atom is 0.244 e. The molecule has 5 nitrogen and oxygen atoms in total. The lowest BCUT2D eigenvalue weighted by Crippen LogP contribution is -2.53. The van der Waals surface area contributed by atoms with Gasteiger partial charge in [-0.15, -0.1) is 0 Å². The van der Waals surface area contributed by atoms with E-state index >= 15 is 0 Å². The Labute approximate surface area is 140 Å². The number of fused-ring (bicyclic) bond motifs is 1. The zero-order chi connectivity index (χ0) is 16.7. The number of amides is 1. The van der Waals surface area contributed by atoms with E-state index in [2.05, 4.69) is 10.00 Å². The molecule has 0 bridgehead atoms. The van der Waals surface area contributed by atoms with Gasteiger partial charge in [-0.05, 0) is 42.5 Å². The molecule has 0 N–H and O–H groups in total. The van der Waals surface area contributed by atoms with E-state index in [1.165, 1.54) is 6.07 Å². The van der Waals surface area contributed by atoms with Gasteiger partial charge in [0, 0.05) is 32.9 Å². The van der Waals surface area contributed by atoms with Gasteiger partial charge in [-0.25, -0.2) is 4.39 Å². The first-order chi connectivity index (χ1) is 11.6. The molecule has 0 spiro atoms. The van der Waals surface area contributed by atoms with Gasteiger partial charge in [-0.1, -0.05) is 6.07 Å². The van der Waals surface area contributed by atoms with E-state index in [1.807, 2.05) is 24.2 Å². The van der Waals surface area contributed by atoms with Gasteiger partial charge in [0.2, 0.25) is 5.91 Å². The van der Waals surface area contributed by atoms with Crippen molar-refractivity contribution >= 4 is 11.6 Å².